The standard InChI is InChI=1S/C7H8.C6H11NO.C4H5NO3/c1-7-5-3-2-4-6-7;1-6(2)3-4-7-5(6)8;6-3-5-1-2-8-4(5)7/h2-6H,1H3;3-4H2,1-2H3,(H,7,8);3H,1-2H2. The highest BCUT2D eigenvalue weighted by molar-refractivity contribution is 5.83. The first-order chi connectivity index (χ1) is 10.9. The first-order valence-corrected chi connectivity index (χ1v) is 7.55. The number of hydrogen-bond acceptors (Lipinski definition) is 4. The zero-order chi connectivity index (χ0) is 17.3. The van der Waals surface area contributed by atoms with Crippen LogP contribution in [0.25, 0.3) is 0 Å². The van der Waals surface area contributed by atoms with E-state index >= 15 is 0 Å². The van der Waals surface area contributed by atoms with Crippen LogP contribution in [0.3, 0.4) is 0 Å². The van der Waals surface area contributed by atoms with E-state index < -0.39 is 6.09 Å². The van der Waals surface area contributed by atoms with Crippen LogP contribution < -0.4 is 5.32 Å². The van der Waals surface area contributed by atoms with Crippen LogP contribution in [-0.2, 0) is 14.3 Å². The van der Waals surface area contributed by atoms with E-state index in [4.69, 9.17) is 0 Å². The molecule has 2 saturated heterocycles. The maximum atomic E-state index is 10.8. The van der Waals surface area contributed by atoms with Gasteiger partial charge in [-0.25, -0.2) is 9.69 Å². The van der Waals surface area contributed by atoms with Crippen LogP contribution in [0.2, 0.25) is 0 Å². The van der Waals surface area contributed by atoms with Crippen molar-refractivity contribution in [3.63, 3.8) is 0 Å². The van der Waals surface area contributed by atoms with Crippen molar-refractivity contribution in [2.24, 2.45) is 5.41 Å². The number of imide groups is 1. The van der Waals surface area contributed by atoms with E-state index in [1.165, 1.54) is 5.56 Å². The van der Waals surface area contributed by atoms with Gasteiger partial charge >= 0.3 is 6.09 Å². The molecule has 0 bridgehead atoms. The Morgan fingerprint density at radius 2 is 1.87 bits per heavy atom. The van der Waals surface area contributed by atoms with Crippen molar-refractivity contribution >= 4 is 18.4 Å². The molecule has 2 aliphatic rings. The van der Waals surface area contributed by atoms with E-state index in [0.29, 0.717) is 19.6 Å². The smallest absolute Gasteiger partial charge is 0.416 e. The molecular formula is C17H24N2O4. The third kappa shape index (κ3) is 6.50. The van der Waals surface area contributed by atoms with Crippen molar-refractivity contribution in [1.29, 1.82) is 0 Å². The molecule has 23 heavy (non-hydrogen) atoms. The van der Waals surface area contributed by atoms with Gasteiger partial charge in [0, 0.05) is 12.0 Å². The molecule has 0 saturated carbocycles. The van der Waals surface area contributed by atoms with Crippen molar-refractivity contribution in [1.82, 2.24) is 10.2 Å². The molecule has 2 fully saturated rings. The van der Waals surface area contributed by atoms with E-state index in [9.17, 15) is 14.4 Å². The van der Waals surface area contributed by atoms with Crippen LogP contribution in [0.1, 0.15) is 25.8 Å². The maximum Gasteiger partial charge on any atom is 0.416 e. The number of aryl methyl sites for hydroxylation is 1. The summed E-state index contributed by atoms with van der Waals surface area (Å²) in [5, 5.41) is 2.77. The molecule has 126 valence electrons. The average molecular weight is 320 g/mol. The Bertz CT molecular complexity index is 529. The quantitative estimate of drug-likeness (QED) is 0.804. The molecule has 1 N–H and O–H groups in total. The summed E-state index contributed by atoms with van der Waals surface area (Å²) in [5.41, 5.74) is 1.22. The Balaban J connectivity index is 0.000000173. The lowest BCUT2D eigenvalue weighted by Gasteiger charge is -2.10. The fourth-order valence-corrected chi connectivity index (χ4v) is 1.88. The molecule has 1 aromatic carbocycles. The molecule has 6 nitrogen and oxygen atoms in total. The minimum Gasteiger partial charge on any atom is -0.447 e. The van der Waals surface area contributed by atoms with Crippen LogP contribution in [0.4, 0.5) is 4.79 Å². The van der Waals surface area contributed by atoms with Gasteiger partial charge in [0.1, 0.15) is 6.61 Å². The minimum atomic E-state index is -0.542. The lowest BCUT2D eigenvalue weighted by Crippen LogP contribution is -2.24. The van der Waals surface area contributed by atoms with Crippen molar-refractivity contribution in [2.45, 2.75) is 27.2 Å². The van der Waals surface area contributed by atoms with E-state index in [1.807, 2.05) is 32.0 Å². The van der Waals surface area contributed by atoms with Crippen LogP contribution >= 0.6 is 0 Å². The second kappa shape index (κ2) is 8.92. The Morgan fingerprint density at radius 3 is 2.09 bits per heavy atom. The summed E-state index contributed by atoms with van der Waals surface area (Å²) in [6.07, 6.45) is 0.904. The molecule has 3 amide bonds. The summed E-state index contributed by atoms with van der Waals surface area (Å²) >= 11 is 0. The van der Waals surface area contributed by atoms with Gasteiger partial charge < -0.3 is 10.1 Å². The summed E-state index contributed by atoms with van der Waals surface area (Å²) in [6, 6.07) is 10.3. The van der Waals surface area contributed by atoms with Gasteiger partial charge in [0.2, 0.25) is 12.3 Å². The zero-order valence-electron chi connectivity index (χ0n) is 13.9. The molecule has 0 aliphatic carbocycles. The van der Waals surface area contributed by atoms with Crippen molar-refractivity contribution < 1.29 is 19.1 Å². The summed E-state index contributed by atoms with van der Waals surface area (Å²) in [4.78, 5) is 31.9. The monoisotopic (exact) mass is 320 g/mol. The molecule has 1 aromatic rings. The summed E-state index contributed by atoms with van der Waals surface area (Å²) < 4.78 is 4.41. The van der Waals surface area contributed by atoms with Crippen LogP contribution in [0, 0.1) is 12.3 Å². The molecule has 0 unspecified atom stereocenters. The van der Waals surface area contributed by atoms with Gasteiger partial charge in [0.15, 0.2) is 0 Å². The normalized spacial score (nSPS) is 18.0. The second-order valence-electron chi connectivity index (χ2n) is 5.96. The zero-order valence-corrected chi connectivity index (χ0v) is 13.9. The molecule has 2 heterocycles. The number of carbonyl (C=O) groups is 3. The van der Waals surface area contributed by atoms with E-state index in [-0.39, 0.29) is 11.3 Å². The predicted molar refractivity (Wildman–Crippen MR) is 86.7 cm³/mol. The molecule has 0 atom stereocenters. The maximum absolute atomic E-state index is 10.8. The number of hydrogen-bond donors (Lipinski definition) is 1. The number of benzene rings is 1. The van der Waals surface area contributed by atoms with Crippen LogP contribution in [0.5, 0.6) is 0 Å². The van der Waals surface area contributed by atoms with Gasteiger partial charge in [-0.05, 0) is 13.3 Å². The lowest BCUT2D eigenvalue weighted by atomic mass is 9.92. The number of nitrogens with zero attached hydrogens (tertiary/aromatic N) is 1. The first kappa shape index (κ1) is 18.7. The van der Waals surface area contributed by atoms with Crippen molar-refractivity contribution in [2.75, 3.05) is 19.7 Å². The van der Waals surface area contributed by atoms with Gasteiger partial charge in [0.05, 0.1) is 6.54 Å². The Labute approximate surface area is 136 Å². The topological polar surface area (TPSA) is 75.7 Å². The fraction of sp³-hybridized carbons (Fsp3) is 0.471. The van der Waals surface area contributed by atoms with Crippen molar-refractivity contribution in [3.05, 3.63) is 35.9 Å². The minimum absolute atomic E-state index is 0.0972. The molecule has 2 aliphatic heterocycles. The summed E-state index contributed by atoms with van der Waals surface area (Å²) in [6.45, 7) is 7.59. The molecule has 0 spiro atoms. The Hall–Kier alpha value is -2.37. The number of nitrogens with one attached hydrogen (secondary N) is 1. The van der Waals surface area contributed by atoms with Gasteiger partial charge in [-0.1, -0.05) is 49.7 Å². The highest BCUT2D eigenvalue weighted by Crippen LogP contribution is 2.23. The number of ether oxygens (including phenoxy) is 1. The van der Waals surface area contributed by atoms with Gasteiger partial charge in [0.25, 0.3) is 0 Å². The molecule has 0 aromatic heterocycles. The predicted octanol–water partition coefficient (Wildman–Crippen LogP) is 2.12. The molecule has 0 radical (unpaired) electrons. The fourth-order valence-electron chi connectivity index (χ4n) is 1.88. The highest BCUT2D eigenvalue weighted by Gasteiger charge is 2.31. The van der Waals surface area contributed by atoms with Gasteiger partial charge in [-0.3, -0.25) is 9.59 Å². The Kier molecular flexibility index (Phi) is 7.25. The molecular weight excluding hydrogens is 296 g/mol. The van der Waals surface area contributed by atoms with Crippen LogP contribution in [0.15, 0.2) is 30.3 Å². The largest absolute Gasteiger partial charge is 0.447 e. The van der Waals surface area contributed by atoms with Gasteiger partial charge in [-0.2, -0.15) is 0 Å². The number of amides is 3. The second-order valence-corrected chi connectivity index (χ2v) is 5.96. The molecule has 3 rings (SSSR count). The van der Waals surface area contributed by atoms with Gasteiger partial charge in [-0.15, -0.1) is 0 Å². The van der Waals surface area contributed by atoms with E-state index in [2.05, 4.69) is 29.1 Å². The number of rotatable bonds is 1. The Morgan fingerprint density at radius 1 is 1.22 bits per heavy atom. The average Bonchev–Trinajstić information content (AvgIpc) is 3.07. The SMILES string of the molecule is CC1(C)CCNC1=O.Cc1ccccc1.O=CN1CCOC1=O. The third-order valence-corrected chi connectivity index (χ3v) is 3.51. The summed E-state index contributed by atoms with van der Waals surface area (Å²) in [5.74, 6) is 0.192. The summed E-state index contributed by atoms with van der Waals surface area (Å²) in [7, 11) is 0. The van der Waals surface area contributed by atoms with Crippen molar-refractivity contribution in [3.8, 4) is 0 Å². The van der Waals surface area contributed by atoms with Crippen LogP contribution in [-0.4, -0.2) is 43.0 Å². The highest BCUT2D eigenvalue weighted by atomic mass is 16.6. The lowest BCUT2D eigenvalue weighted by molar-refractivity contribution is -0.126. The van der Waals surface area contributed by atoms with E-state index in [0.717, 1.165) is 17.9 Å². The number of carbonyl (C=O) groups excluding carboxylic acids is 3. The van der Waals surface area contributed by atoms with E-state index in [1.54, 1.807) is 0 Å². The third-order valence-electron chi connectivity index (χ3n) is 3.51. The molecule has 6 heteroatoms. The number of cyclic esters (lactones) is 1. The first-order valence-electron chi connectivity index (χ1n) is 7.55.